The monoisotopic (exact) mass is 1600 g/mol. The van der Waals surface area contributed by atoms with Gasteiger partial charge in [-0.1, -0.05) is 418 Å². The van der Waals surface area contributed by atoms with Crippen LogP contribution in [0.15, 0.2) is 24.3 Å². The number of aliphatic hydroxyl groups excluding tert-OH is 1. The number of phosphoric acid groups is 2. The molecule has 0 aliphatic carbocycles. The molecule has 0 fully saturated rings. The van der Waals surface area contributed by atoms with Crippen LogP contribution in [0.5, 0.6) is 0 Å². The number of aliphatic hydroxyl groups is 1. The van der Waals surface area contributed by atoms with E-state index in [1.165, 1.54) is 283 Å². The number of allylic oxidation sites excluding steroid dienone is 4. The van der Waals surface area contributed by atoms with Crippen LogP contribution in [-0.2, 0) is 65.4 Å². The van der Waals surface area contributed by atoms with Crippen LogP contribution in [0.2, 0.25) is 0 Å². The van der Waals surface area contributed by atoms with Gasteiger partial charge in [-0.2, -0.15) is 0 Å². The third-order valence-electron chi connectivity index (χ3n) is 20.9. The lowest BCUT2D eigenvalue weighted by Gasteiger charge is -2.21. The summed E-state index contributed by atoms with van der Waals surface area (Å²) in [5.74, 6) is -1.41. The molecule has 0 spiro atoms. The molecule has 0 bridgehead atoms. The third kappa shape index (κ3) is 83.5. The van der Waals surface area contributed by atoms with E-state index in [1.807, 2.05) is 0 Å². The molecule has 17 nitrogen and oxygen atoms in total. The molecule has 0 aromatic heterocycles. The molecular formula is C91H174O17P2. The van der Waals surface area contributed by atoms with E-state index in [9.17, 15) is 43.2 Å². The highest BCUT2D eigenvalue weighted by Gasteiger charge is 2.30. The SMILES string of the molecule is CCCCCC/C=C\C=C/CCCCCCCC(=O)O[C@H](COC(=O)CCCCCCCCCCC(C)C)COP(=O)(O)OC[C@H](O)COP(=O)(O)OC[C@@H](COC(=O)CCCCCCCCCCCCCCCCCCCCCCCC)OC(=O)CCCCCCCCCCCCCCCCCCCCCCCC. The minimum atomic E-state index is -4.97. The summed E-state index contributed by atoms with van der Waals surface area (Å²) in [6.07, 6.45) is 81.7. The van der Waals surface area contributed by atoms with Crippen molar-refractivity contribution in [1.82, 2.24) is 0 Å². The van der Waals surface area contributed by atoms with E-state index in [0.29, 0.717) is 25.7 Å². The predicted molar refractivity (Wildman–Crippen MR) is 455 cm³/mol. The molecule has 650 valence electrons. The Morgan fingerprint density at radius 2 is 0.491 bits per heavy atom. The smallest absolute Gasteiger partial charge is 0.462 e. The maximum Gasteiger partial charge on any atom is 0.472 e. The summed E-state index contributed by atoms with van der Waals surface area (Å²) in [5.41, 5.74) is 0. The molecule has 5 atom stereocenters. The van der Waals surface area contributed by atoms with Crippen LogP contribution in [0.4, 0.5) is 0 Å². The van der Waals surface area contributed by atoms with E-state index < -0.39 is 97.5 Å². The molecule has 0 amide bonds. The van der Waals surface area contributed by atoms with Gasteiger partial charge in [-0.15, -0.1) is 0 Å². The van der Waals surface area contributed by atoms with Crippen LogP contribution >= 0.6 is 15.6 Å². The van der Waals surface area contributed by atoms with E-state index in [2.05, 4.69) is 58.9 Å². The van der Waals surface area contributed by atoms with Gasteiger partial charge in [0.15, 0.2) is 12.2 Å². The molecule has 0 aliphatic rings. The topological polar surface area (TPSA) is 237 Å². The summed E-state index contributed by atoms with van der Waals surface area (Å²) in [6, 6.07) is 0. The van der Waals surface area contributed by atoms with Gasteiger partial charge in [-0.05, 0) is 57.3 Å². The quantitative estimate of drug-likeness (QED) is 0.0169. The standard InChI is InChI=1S/C91H174O17P2/c1-6-9-12-15-18-21-24-27-30-32-34-36-38-40-42-45-47-50-53-59-64-69-74-88(93)101-80-86(107-90(95)77-72-67-62-55-52-49-46-43-41-39-37-35-33-31-28-25-22-19-16-13-10-7-2)82-105-109(97,98)103-78-85(92)79-104-110(99,100)106-83-87(81-102-89(94)75-70-65-60-57-56-58-63-68-73-84(4)5)108-91(96)76-71-66-61-54-51-48-44-29-26-23-20-17-14-11-8-3/h23,26,29,44,84-87,92H,6-22,24-25,27-28,30-43,45-83H2,1-5H3,(H,97,98)(H,99,100)/b26-23-,44-29-/t85-,86-,87-/m1/s1. The average Bonchev–Trinajstić information content (AvgIpc) is 0.897. The molecule has 0 aliphatic heterocycles. The Morgan fingerprint density at radius 3 is 0.745 bits per heavy atom. The minimum absolute atomic E-state index is 0.0851. The molecule has 3 N–H and O–H groups in total. The lowest BCUT2D eigenvalue weighted by molar-refractivity contribution is -0.161. The first-order chi connectivity index (χ1) is 53.5. The molecule has 19 heteroatoms. The number of unbranched alkanes of at least 4 members (excludes halogenated alkanes) is 58. The van der Waals surface area contributed by atoms with Crippen molar-refractivity contribution >= 4 is 39.5 Å². The maximum atomic E-state index is 13.2. The average molecular weight is 1600 g/mol. The first-order valence-electron chi connectivity index (χ1n) is 46.5. The summed E-state index contributed by atoms with van der Waals surface area (Å²) in [4.78, 5) is 73.3. The van der Waals surface area contributed by atoms with Crippen molar-refractivity contribution in [2.24, 2.45) is 5.92 Å². The first-order valence-corrected chi connectivity index (χ1v) is 49.4. The molecule has 0 heterocycles. The Labute approximate surface area is 675 Å². The zero-order valence-electron chi connectivity index (χ0n) is 71.9. The summed E-state index contributed by atoms with van der Waals surface area (Å²) in [5, 5.41) is 10.7. The van der Waals surface area contributed by atoms with Crippen LogP contribution in [0.1, 0.15) is 471 Å². The highest BCUT2D eigenvalue weighted by molar-refractivity contribution is 7.47. The van der Waals surface area contributed by atoms with Crippen molar-refractivity contribution in [3.8, 4) is 0 Å². The van der Waals surface area contributed by atoms with Crippen molar-refractivity contribution in [2.45, 2.75) is 490 Å². The van der Waals surface area contributed by atoms with Crippen LogP contribution in [0.25, 0.3) is 0 Å². The van der Waals surface area contributed by atoms with Crippen molar-refractivity contribution in [3.05, 3.63) is 24.3 Å². The summed E-state index contributed by atoms with van der Waals surface area (Å²) >= 11 is 0. The van der Waals surface area contributed by atoms with Crippen molar-refractivity contribution < 1.29 is 80.2 Å². The highest BCUT2D eigenvalue weighted by Crippen LogP contribution is 2.45. The van der Waals surface area contributed by atoms with Crippen molar-refractivity contribution in [1.29, 1.82) is 0 Å². The lowest BCUT2D eigenvalue weighted by Crippen LogP contribution is -2.30. The Morgan fingerprint density at radius 1 is 0.282 bits per heavy atom. The van der Waals surface area contributed by atoms with Gasteiger partial charge in [-0.25, -0.2) is 9.13 Å². The zero-order valence-corrected chi connectivity index (χ0v) is 73.7. The highest BCUT2D eigenvalue weighted by atomic mass is 31.2. The van der Waals surface area contributed by atoms with Gasteiger partial charge in [-0.3, -0.25) is 37.3 Å². The van der Waals surface area contributed by atoms with Crippen molar-refractivity contribution in [3.63, 3.8) is 0 Å². The van der Waals surface area contributed by atoms with E-state index in [0.717, 1.165) is 109 Å². The zero-order chi connectivity index (χ0) is 80.4. The Hall–Kier alpha value is -2.46. The number of rotatable bonds is 89. The molecule has 2 unspecified atom stereocenters. The van der Waals surface area contributed by atoms with E-state index in [4.69, 9.17) is 37.0 Å². The van der Waals surface area contributed by atoms with Gasteiger partial charge in [0, 0.05) is 25.7 Å². The second-order valence-electron chi connectivity index (χ2n) is 32.5. The number of hydrogen-bond donors (Lipinski definition) is 3. The second-order valence-corrected chi connectivity index (χ2v) is 35.4. The molecule has 0 aromatic rings. The van der Waals surface area contributed by atoms with Crippen LogP contribution in [0.3, 0.4) is 0 Å². The Bertz CT molecular complexity index is 2180. The van der Waals surface area contributed by atoms with Gasteiger partial charge >= 0.3 is 39.5 Å². The second kappa shape index (κ2) is 83.0. The van der Waals surface area contributed by atoms with Gasteiger partial charge in [0.2, 0.25) is 0 Å². The number of esters is 4. The fourth-order valence-corrected chi connectivity index (χ4v) is 15.4. The van der Waals surface area contributed by atoms with Gasteiger partial charge < -0.3 is 33.8 Å². The fraction of sp³-hybridized carbons (Fsp3) is 0.912. The van der Waals surface area contributed by atoms with Crippen LogP contribution in [-0.4, -0.2) is 96.7 Å². The van der Waals surface area contributed by atoms with Crippen LogP contribution < -0.4 is 0 Å². The first kappa shape index (κ1) is 108. The molecule has 0 radical (unpaired) electrons. The molecule has 0 aromatic carbocycles. The van der Waals surface area contributed by atoms with E-state index >= 15 is 0 Å². The molecular weight excluding hydrogens is 1430 g/mol. The lowest BCUT2D eigenvalue weighted by atomic mass is 10.0. The maximum absolute atomic E-state index is 13.2. The fourth-order valence-electron chi connectivity index (χ4n) is 13.8. The Kier molecular flexibility index (Phi) is 81.2. The van der Waals surface area contributed by atoms with E-state index in [1.54, 1.807) is 0 Å². The van der Waals surface area contributed by atoms with Crippen molar-refractivity contribution in [2.75, 3.05) is 39.6 Å². The number of hydrogen-bond acceptors (Lipinski definition) is 15. The van der Waals surface area contributed by atoms with Gasteiger partial charge in [0.25, 0.3) is 0 Å². The third-order valence-corrected chi connectivity index (χ3v) is 22.8. The van der Waals surface area contributed by atoms with Crippen LogP contribution in [0, 0.1) is 5.92 Å². The predicted octanol–water partition coefficient (Wildman–Crippen LogP) is 27.9. The minimum Gasteiger partial charge on any atom is -0.462 e. The summed E-state index contributed by atoms with van der Waals surface area (Å²) in [6.45, 7) is 7.28. The van der Waals surface area contributed by atoms with E-state index in [-0.39, 0.29) is 25.7 Å². The Balaban J connectivity index is 5.24. The number of carbonyl (C=O) groups excluding carboxylic acids is 4. The molecule has 0 rings (SSSR count). The summed E-state index contributed by atoms with van der Waals surface area (Å²) < 4.78 is 69.0. The normalized spacial score (nSPS) is 13.8. The molecule has 0 saturated heterocycles. The summed E-state index contributed by atoms with van der Waals surface area (Å²) in [7, 11) is -9.95. The molecule has 110 heavy (non-hydrogen) atoms. The largest absolute Gasteiger partial charge is 0.472 e. The number of phosphoric ester groups is 2. The number of ether oxygens (including phenoxy) is 4. The van der Waals surface area contributed by atoms with Gasteiger partial charge in [0.1, 0.15) is 19.3 Å². The number of carbonyl (C=O) groups is 4. The molecule has 0 saturated carbocycles. The van der Waals surface area contributed by atoms with Gasteiger partial charge in [0.05, 0.1) is 26.4 Å².